The molecule has 0 aliphatic rings. The monoisotopic (exact) mass is 294 g/mol. The number of amides is 1. The van der Waals surface area contributed by atoms with E-state index in [4.69, 9.17) is 23.2 Å². The summed E-state index contributed by atoms with van der Waals surface area (Å²) in [4.78, 5) is 16.2. The number of nitrogens with zero attached hydrogens (tertiary/aromatic N) is 1. The highest BCUT2D eigenvalue weighted by molar-refractivity contribution is 6.34. The van der Waals surface area contributed by atoms with E-state index in [1.165, 1.54) is 6.07 Å². The molecule has 0 spiro atoms. The van der Waals surface area contributed by atoms with E-state index in [1.54, 1.807) is 30.3 Å². The molecule has 5 heteroatoms. The van der Waals surface area contributed by atoms with Crippen molar-refractivity contribution in [2.24, 2.45) is 0 Å². The number of pyridine rings is 1. The van der Waals surface area contributed by atoms with E-state index in [-0.39, 0.29) is 5.91 Å². The molecule has 2 rings (SSSR count). The Morgan fingerprint density at radius 2 is 2.00 bits per heavy atom. The predicted octanol–water partition coefficient (Wildman–Crippen LogP) is 4.20. The van der Waals surface area contributed by atoms with Crippen LogP contribution in [-0.4, -0.2) is 10.9 Å². The second-order valence-corrected chi connectivity index (χ2v) is 4.75. The van der Waals surface area contributed by atoms with Crippen LogP contribution in [0.1, 0.15) is 23.0 Å². The van der Waals surface area contributed by atoms with Crippen molar-refractivity contribution < 1.29 is 4.79 Å². The SMILES string of the molecule is CCc1cc(C(=O)Nc2ccccc2Cl)cc(Cl)n1. The molecule has 0 radical (unpaired) electrons. The Bertz CT molecular complexity index is 614. The second-order valence-electron chi connectivity index (χ2n) is 3.96. The summed E-state index contributed by atoms with van der Waals surface area (Å²) in [6.45, 7) is 1.95. The van der Waals surface area contributed by atoms with Crippen LogP contribution in [-0.2, 0) is 6.42 Å². The fraction of sp³-hybridized carbons (Fsp3) is 0.143. The highest BCUT2D eigenvalue weighted by atomic mass is 35.5. The molecular formula is C14H12Cl2N2O. The number of aromatic nitrogens is 1. The third-order valence-electron chi connectivity index (χ3n) is 2.59. The average Bonchev–Trinajstić information content (AvgIpc) is 2.40. The van der Waals surface area contributed by atoms with Crippen LogP contribution in [0.5, 0.6) is 0 Å². The van der Waals surface area contributed by atoms with E-state index < -0.39 is 0 Å². The fourth-order valence-electron chi connectivity index (χ4n) is 1.62. The molecule has 0 aliphatic heterocycles. The first kappa shape index (κ1) is 13.8. The maximum absolute atomic E-state index is 12.1. The van der Waals surface area contributed by atoms with Gasteiger partial charge in [0, 0.05) is 11.3 Å². The first-order valence-corrected chi connectivity index (χ1v) is 6.58. The molecule has 0 atom stereocenters. The van der Waals surface area contributed by atoms with Gasteiger partial charge in [-0.1, -0.05) is 42.3 Å². The van der Waals surface area contributed by atoms with Crippen LogP contribution < -0.4 is 5.32 Å². The maximum atomic E-state index is 12.1. The molecule has 0 unspecified atom stereocenters. The molecule has 1 aromatic carbocycles. The lowest BCUT2D eigenvalue weighted by molar-refractivity contribution is 0.102. The highest BCUT2D eigenvalue weighted by Crippen LogP contribution is 2.21. The van der Waals surface area contributed by atoms with Gasteiger partial charge in [0.05, 0.1) is 10.7 Å². The second kappa shape index (κ2) is 6.04. The number of para-hydroxylation sites is 1. The first-order valence-electron chi connectivity index (χ1n) is 5.82. The van der Waals surface area contributed by atoms with E-state index in [0.29, 0.717) is 27.8 Å². The zero-order chi connectivity index (χ0) is 13.8. The number of nitrogens with one attached hydrogen (secondary N) is 1. The molecule has 0 saturated heterocycles. The molecule has 1 heterocycles. The Kier molecular flexibility index (Phi) is 4.40. The van der Waals surface area contributed by atoms with Crippen LogP contribution >= 0.6 is 23.2 Å². The van der Waals surface area contributed by atoms with Crippen molar-refractivity contribution in [2.75, 3.05) is 5.32 Å². The van der Waals surface area contributed by atoms with Crippen LogP contribution in [0.25, 0.3) is 0 Å². The van der Waals surface area contributed by atoms with Crippen molar-refractivity contribution in [3.8, 4) is 0 Å². The van der Waals surface area contributed by atoms with Gasteiger partial charge < -0.3 is 5.32 Å². The van der Waals surface area contributed by atoms with Crippen molar-refractivity contribution in [3.63, 3.8) is 0 Å². The number of halogens is 2. The third kappa shape index (κ3) is 3.46. The average molecular weight is 295 g/mol. The van der Waals surface area contributed by atoms with Gasteiger partial charge in [0.15, 0.2) is 0 Å². The summed E-state index contributed by atoms with van der Waals surface area (Å²) in [7, 11) is 0. The Balaban J connectivity index is 2.25. The third-order valence-corrected chi connectivity index (χ3v) is 3.12. The summed E-state index contributed by atoms with van der Waals surface area (Å²) in [6, 6.07) is 10.3. The molecule has 1 aromatic heterocycles. The lowest BCUT2D eigenvalue weighted by atomic mass is 10.2. The minimum atomic E-state index is -0.257. The largest absolute Gasteiger partial charge is 0.321 e. The summed E-state index contributed by atoms with van der Waals surface area (Å²) >= 11 is 11.9. The number of carbonyl (C=O) groups is 1. The summed E-state index contributed by atoms with van der Waals surface area (Å²) in [5.74, 6) is -0.257. The van der Waals surface area contributed by atoms with Gasteiger partial charge in [0.25, 0.3) is 5.91 Å². The molecule has 0 fully saturated rings. The van der Waals surface area contributed by atoms with Crippen molar-refractivity contribution in [1.82, 2.24) is 4.98 Å². The zero-order valence-corrected chi connectivity index (χ0v) is 11.8. The van der Waals surface area contributed by atoms with E-state index in [1.807, 2.05) is 6.92 Å². The van der Waals surface area contributed by atoms with E-state index in [0.717, 1.165) is 5.69 Å². The fourth-order valence-corrected chi connectivity index (χ4v) is 2.03. The van der Waals surface area contributed by atoms with Gasteiger partial charge in [-0.3, -0.25) is 4.79 Å². The van der Waals surface area contributed by atoms with Gasteiger partial charge in [-0.2, -0.15) is 0 Å². The summed E-state index contributed by atoms with van der Waals surface area (Å²) in [5.41, 5.74) is 1.81. The standard InChI is InChI=1S/C14H12Cl2N2O/c1-2-10-7-9(8-13(16)17-10)14(19)18-12-6-4-3-5-11(12)15/h3-8H,2H2,1H3,(H,18,19). The Labute approximate surface area is 121 Å². The van der Waals surface area contributed by atoms with Crippen molar-refractivity contribution in [1.29, 1.82) is 0 Å². The molecule has 19 heavy (non-hydrogen) atoms. The molecule has 0 bridgehead atoms. The number of aryl methyl sites for hydroxylation is 1. The number of hydrogen-bond acceptors (Lipinski definition) is 2. The molecule has 0 saturated carbocycles. The Morgan fingerprint density at radius 3 is 2.68 bits per heavy atom. The Morgan fingerprint density at radius 1 is 1.26 bits per heavy atom. The van der Waals surface area contributed by atoms with Gasteiger partial charge in [0.2, 0.25) is 0 Å². The number of anilines is 1. The van der Waals surface area contributed by atoms with Crippen molar-refractivity contribution >= 4 is 34.8 Å². The smallest absolute Gasteiger partial charge is 0.255 e. The van der Waals surface area contributed by atoms with Crippen molar-refractivity contribution in [3.05, 3.63) is 57.8 Å². The topological polar surface area (TPSA) is 42.0 Å². The molecular weight excluding hydrogens is 283 g/mol. The predicted molar refractivity (Wildman–Crippen MR) is 78.0 cm³/mol. The number of rotatable bonds is 3. The minimum Gasteiger partial charge on any atom is -0.321 e. The van der Waals surface area contributed by atoms with Gasteiger partial charge in [-0.25, -0.2) is 4.98 Å². The normalized spacial score (nSPS) is 10.3. The number of hydrogen-bond donors (Lipinski definition) is 1. The Hall–Kier alpha value is -1.58. The highest BCUT2D eigenvalue weighted by Gasteiger charge is 2.10. The summed E-state index contributed by atoms with van der Waals surface area (Å²) in [6.07, 6.45) is 0.715. The van der Waals surface area contributed by atoms with Crippen LogP contribution in [0.4, 0.5) is 5.69 Å². The van der Waals surface area contributed by atoms with Crippen molar-refractivity contribution in [2.45, 2.75) is 13.3 Å². The van der Waals surface area contributed by atoms with Crippen LogP contribution in [0.3, 0.4) is 0 Å². The van der Waals surface area contributed by atoms with E-state index >= 15 is 0 Å². The van der Waals surface area contributed by atoms with Crippen LogP contribution in [0.15, 0.2) is 36.4 Å². The van der Waals surface area contributed by atoms with Crippen LogP contribution in [0.2, 0.25) is 10.2 Å². The van der Waals surface area contributed by atoms with E-state index in [9.17, 15) is 4.79 Å². The summed E-state index contributed by atoms with van der Waals surface area (Å²) in [5, 5.41) is 3.55. The maximum Gasteiger partial charge on any atom is 0.255 e. The molecule has 2 aromatic rings. The first-order chi connectivity index (χ1) is 9.10. The quantitative estimate of drug-likeness (QED) is 0.862. The van der Waals surface area contributed by atoms with Gasteiger partial charge in [0.1, 0.15) is 5.15 Å². The molecule has 3 nitrogen and oxygen atoms in total. The minimum absolute atomic E-state index is 0.257. The van der Waals surface area contributed by atoms with Gasteiger partial charge >= 0.3 is 0 Å². The van der Waals surface area contributed by atoms with Gasteiger partial charge in [-0.05, 0) is 30.7 Å². The molecule has 98 valence electrons. The number of benzene rings is 1. The van der Waals surface area contributed by atoms with Crippen LogP contribution in [0, 0.1) is 0 Å². The molecule has 0 aliphatic carbocycles. The lowest BCUT2D eigenvalue weighted by Crippen LogP contribution is -2.13. The zero-order valence-electron chi connectivity index (χ0n) is 10.3. The summed E-state index contributed by atoms with van der Waals surface area (Å²) < 4.78 is 0. The molecule has 1 amide bonds. The lowest BCUT2D eigenvalue weighted by Gasteiger charge is -2.08. The van der Waals surface area contributed by atoms with E-state index in [2.05, 4.69) is 10.3 Å². The number of carbonyl (C=O) groups excluding carboxylic acids is 1. The van der Waals surface area contributed by atoms with Gasteiger partial charge in [-0.15, -0.1) is 0 Å². The molecule has 1 N–H and O–H groups in total.